The van der Waals surface area contributed by atoms with Crippen LogP contribution in [0, 0.1) is 5.95 Å². The highest BCUT2D eigenvalue weighted by molar-refractivity contribution is 5.72. The first-order chi connectivity index (χ1) is 9.35. The Morgan fingerprint density at radius 3 is 2.75 bits per heavy atom. The molecule has 5 heteroatoms. The van der Waals surface area contributed by atoms with Gasteiger partial charge in [0.2, 0.25) is 5.95 Å². The zero-order chi connectivity index (χ0) is 14.8. The monoisotopic (exact) mass is 278 g/mol. The summed E-state index contributed by atoms with van der Waals surface area (Å²) in [6, 6.07) is 3.19. The molecule has 0 saturated heterocycles. The first kappa shape index (κ1) is 14.5. The third-order valence-corrected chi connectivity index (χ3v) is 2.96. The number of hydrogen-bond acceptors (Lipinski definition) is 3. The van der Waals surface area contributed by atoms with Gasteiger partial charge < -0.3 is 9.64 Å². The van der Waals surface area contributed by atoms with Crippen LogP contribution in [-0.2, 0) is 4.74 Å². The fraction of sp³-hybridized carbons (Fsp3) is 0.467. The van der Waals surface area contributed by atoms with Crippen LogP contribution in [-0.4, -0.2) is 34.7 Å². The van der Waals surface area contributed by atoms with Gasteiger partial charge in [-0.05, 0) is 44.4 Å². The highest BCUT2D eigenvalue weighted by atomic mass is 19.1. The molecule has 0 aromatic carbocycles. The first-order valence-electron chi connectivity index (χ1n) is 6.64. The predicted molar refractivity (Wildman–Crippen MR) is 74.6 cm³/mol. The molecule has 0 atom stereocenters. The summed E-state index contributed by atoms with van der Waals surface area (Å²) in [5.41, 5.74) is 1.36. The number of rotatable bonds is 1. The van der Waals surface area contributed by atoms with E-state index < -0.39 is 11.5 Å². The normalized spacial score (nSPS) is 15.8. The lowest BCUT2D eigenvalue weighted by atomic mass is 10.0. The Morgan fingerprint density at radius 2 is 2.20 bits per heavy atom. The molecule has 0 bridgehead atoms. The zero-order valence-corrected chi connectivity index (χ0v) is 12.0. The number of nitrogens with zero attached hydrogens (tertiary/aromatic N) is 2. The van der Waals surface area contributed by atoms with Gasteiger partial charge in [-0.25, -0.2) is 9.78 Å². The van der Waals surface area contributed by atoms with Crippen molar-refractivity contribution in [2.24, 2.45) is 0 Å². The SMILES string of the molecule is CC(C)(C)OC(=O)N1CC=C(c2ccnc(F)c2)CC1. The molecule has 0 aliphatic carbocycles. The minimum atomic E-state index is -0.491. The maximum Gasteiger partial charge on any atom is 0.410 e. The van der Waals surface area contributed by atoms with Crippen molar-refractivity contribution in [2.75, 3.05) is 13.1 Å². The number of carbonyl (C=O) groups excluding carboxylic acids is 1. The van der Waals surface area contributed by atoms with Crippen molar-refractivity contribution in [1.82, 2.24) is 9.88 Å². The van der Waals surface area contributed by atoms with Crippen LogP contribution in [0.1, 0.15) is 32.8 Å². The van der Waals surface area contributed by atoms with Gasteiger partial charge in [0.15, 0.2) is 0 Å². The summed E-state index contributed by atoms with van der Waals surface area (Å²) in [7, 11) is 0. The second kappa shape index (κ2) is 5.61. The summed E-state index contributed by atoms with van der Waals surface area (Å²) in [6.45, 7) is 6.58. The van der Waals surface area contributed by atoms with Crippen LogP contribution < -0.4 is 0 Å². The second-order valence-corrected chi connectivity index (χ2v) is 5.77. The predicted octanol–water partition coefficient (Wildman–Crippen LogP) is 3.24. The highest BCUT2D eigenvalue weighted by Gasteiger charge is 2.23. The summed E-state index contributed by atoms with van der Waals surface area (Å²) >= 11 is 0. The van der Waals surface area contributed by atoms with Gasteiger partial charge in [-0.3, -0.25) is 0 Å². The number of carbonyl (C=O) groups is 1. The average Bonchev–Trinajstić information content (AvgIpc) is 2.37. The van der Waals surface area contributed by atoms with E-state index in [1.54, 1.807) is 11.0 Å². The summed E-state index contributed by atoms with van der Waals surface area (Å²) in [4.78, 5) is 17.1. The van der Waals surface area contributed by atoms with Gasteiger partial charge >= 0.3 is 6.09 Å². The Labute approximate surface area is 118 Å². The van der Waals surface area contributed by atoms with Crippen molar-refractivity contribution in [3.8, 4) is 0 Å². The van der Waals surface area contributed by atoms with E-state index in [-0.39, 0.29) is 6.09 Å². The largest absolute Gasteiger partial charge is 0.444 e. The number of amides is 1. The number of pyridine rings is 1. The van der Waals surface area contributed by atoms with Crippen LogP contribution in [0.4, 0.5) is 9.18 Å². The van der Waals surface area contributed by atoms with Crippen molar-refractivity contribution in [2.45, 2.75) is 32.8 Å². The Morgan fingerprint density at radius 1 is 1.45 bits per heavy atom. The molecule has 4 nitrogen and oxygen atoms in total. The quantitative estimate of drug-likeness (QED) is 0.741. The molecule has 1 aromatic heterocycles. The van der Waals surface area contributed by atoms with E-state index in [9.17, 15) is 9.18 Å². The first-order valence-corrected chi connectivity index (χ1v) is 6.64. The maximum absolute atomic E-state index is 13.1. The number of halogens is 1. The zero-order valence-electron chi connectivity index (χ0n) is 12.0. The molecular formula is C15H19FN2O2. The summed E-state index contributed by atoms with van der Waals surface area (Å²) in [5, 5.41) is 0. The van der Waals surface area contributed by atoms with E-state index in [1.165, 1.54) is 12.3 Å². The molecule has 0 N–H and O–H groups in total. The Hall–Kier alpha value is -1.91. The summed E-state index contributed by atoms with van der Waals surface area (Å²) in [5.74, 6) is -0.488. The molecular weight excluding hydrogens is 259 g/mol. The fourth-order valence-corrected chi connectivity index (χ4v) is 2.03. The third kappa shape index (κ3) is 3.79. The van der Waals surface area contributed by atoms with Gasteiger partial charge in [-0.2, -0.15) is 4.39 Å². The van der Waals surface area contributed by atoms with Crippen LogP contribution in [0.2, 0.25) is 0 Å². The van der Waals surface area contributed by atoms with E-state index in [1.807, 2.05) is 26.8 Å². The van der Waals surface area contributed by atoms with Crippen LogP contribution in [0.15, 0.2) is 24.4 Å². The van der Waals surface area contributed by atoms with Crippen molar-refractivity contribution in [3.63, 3.8) is 0 Å². The lowest BCUT2D eigenvalue weighted by Crippen LogP contribution is -2.39. The average molecular weight is 278 g/mol. The topological polar surface area (TPSA) is 42.4 Å². The molecule has 2 heterocycles. The van der Waals surface area contributed by atoms with Crippen molar-refractivity contribution >= 4 is 11.7 Å². The van der Waals surface area contributed by atoms with Crippen molar-refractivity contribution in [1.29, 1.82) is 0 Å². The summed E-state index contributed by atoms with van der Waals surface area (Å²) < 4.78 is 18.4. The standard InChI is InChI=1S/C15H19FN2O2/c1-15(2,3)20-14(19)18-8-5-11(6-9-18)12-4-7-17-13(16)10-12/h4-5,7,10H,6,8-9H2,1-3H3. The van der Waals surface area contributed by atoms with Crippen molar-refractivity contribution < 1.29 is 13.9 Å². The Bertz CT molecular complexity index is 535. The lowest BCUT2D eigenvalue weighted by Gasteiger charge is -2.29. The highest BCUT2D eigenvalue weighted by Crippen LogP contribution is 2.23. The fourth-order valence-electron chi connectivity index (χ4n) is 2.03. The van der Waals surface area contributed by atoms with Crippen LogP contribution in [0.3, 0.4) is 0 Å². The van der Waals surface area contributed by atoms with E-state index in [0.29, 0.717) is 19.5 Å². The minimum absolute atomic E-state index is 0.311. The molecule has 2 rings (SSSR count). The lowest BCUT2D eigenvalue weighted by molar-refractivity contribution is 0.0270. The molecule has 0 fully saturated rings. The van der Waals surface area contributed by atoms with Gasteiger partial charge in [0.05, 0.1) is 0 Å². The minimum Gasteiger partial charge on any atom is -0.444 e. The Balaban J connectivity index is 2.02. The molecule has 0 saturated carbocycles. The molecule has 1 aliphatic rings. The Kier molecular flexibility index (Phi) is 4.06. The van der Waals surface area contributed by atoms with Crippen LogP contribution >= 0.6 is 0 Å². The van der Waals surface area contributed by atoms with Gasteiger partial charge in [0.1, 0.15) is 5.60 Å². The smallest absolute Gasteiger partial charge is 0.410 e. The molecule has 20 heavy (non-hydrogen) atoms. The molecule has 0 spiro atoms. The molecule has 1 aromatic rings. The second-order valence-electron chi connectivity index (χ2n) is 5.77. The van der Waals surface area contributed by atoms with E-state index >= 15 is 0 Å². The molecule has 108 valence electrons. The number of hydrogen-bond donors (Lipinski definition) is 0. The molecule has 0 radical (unpaired) electrons. The third-order valence-electron chi connectivity index (χ3n) is 2.96. The molecule has 1 aliphatic heterocycles. The molecule has 0 unspecified atom stereocenters. The van der Waals surface area contributed by atoms with Crippen LogP contribution in [0.25, 0.3) is 5.57 Å². The number of aromatic nitrogens is 1. The maximum atomic E-state index is 13.1. The van der Waals surface area contributed by atoms with Crippen LogP contribution in [0.5, 0.6) is 0 Å². The number of ether oxygens (including phenoxy) is 1. The van der Waals surface area contributed by atoms with Crippen molar-refractivity contribution in [3.05, 3.63) is 35.9 Å². The van der Waals surface area contributed by atoms with Gasteiger partial charge in [0.25, 0.3) is 0 Å². The van der Waals surface area contributed by atoms with E-state index in [2.05, 4.69) is 4.98 Å². The van der Waals surface area contributed by atoms with Gasteiger partial charge in [-0.1, -0.05) is 6.08 Å². The van der Waals surface area contributed by atoms with E-state index in [0.717, 1.165) is 11.1 Å². The van der Waals surface area contributed by atoms with Gasteiger partial charge in [0, 0.05) is 25.4 Å². The van der Waals surface area contributed by atoms with Gasteiger partial charge in [-0.15, -0.1) is 0 Å². The van der Waals surface area contributed by atoms with E-state index in [4.69, 9.17) is 4.74 Å². The molecule has 1 amide bonds. The summed E-state index contributed by atoms with van der Waals surface area (Å²) in [6.07, 6.45) is 3.75.